The van der Waals surface area contributed by atoms with E-state index in [4.69, 9.17) is 9.15 Å². The normalized spacial score (nSPS) is 15.6. The Bertz CT molecular complexity index is 1230. The number of likely N-dealkylation sites (N-methyl/N-ethyl adjacent to an activating group) is 1. The second kappa shape index (κ2) is 8.76. The highest BCUT2D eigenvalue weighted by Crippen LogP contribution is 2.36. The fraction of sp³-hybridized carbons (Fsp3) is 0.318. The van der Waals surface area contributed by atoms with Gasteiger partial charge in [-0.3, -0.25) is 9.48 Å². The van der Waals surface area contributed by atoms with Gasteiger partial charge in [0.2, 0.25) is 5.76 Å². The molecular weight excluding hydrogens is 453 g/mol. The number of aromatic nitrogens is 3. The molecule has 4 rings (SSSR count). The number of carbonyl (C=O) groups excluding carboxylic acids is 1. The molecule has 0 saturated heterocycles. The van der Waals surface area contributed by atoms with Gasteiger partial charge in [-0.25, -0.2) is 4.98 Å². The van der Waals surface area contributed by atoms with Crippen LogP contribution in [0.1, 0.15) is 22.8 Å². The summed E-state index contributed by atoms with van der Waals surface area (Å²) in [6.45, 7) is 6.05. The predicted molar refractivity (Wildman–Crippen MR) is 118 cm³/mol. The molecule has 12 heteroatoms. The number of pyridine rings is 1. The van der Waals surface area contributed by atoms with Crippen LogP contribution in [0.5, 0.6) is 0 Å². The molecule has 0 bridgehead atoms. The number of rotatable bonds is 7. The van der Waals surface area contributed by atoms with Gasteiger partial charge in [0.1, 0.15) is 17.3 Å². The van der Waals surface area contributed by atoms with Crippen LogP contribution in [0.2, 0.25) is 0 Å². The first kappa shape index (κ1) is 23.2. The average Bonchev–Trinajstić information content (AvgIpc) is 3.43. The number of methoxy groups -OCH3 is 1. The second-order valence-corrected chi connectivity index (χ2v) is 7.82. The molecule has 3 aromatic rings. The van der Waals surface area contributed by atoms with Crippen LogP contribution in [0.4, 0.5) is 30.4 Å². The SMILES string of the molecule is C=C(OC)C1C(=O)Nc2c(cc(NCc3cnn(Cc4ccc(C(F)(F)F)o4)c3)nc2C)N1C. The number of aryl methyl sites for hydroxylation is 1. The summed E-state index contributed by atoms with van der Waals surface area (Å²) in [4.78, 5) is 18.8. The Kier molecular flexibility index (Phi) is 5.98. The Balaban J connectivity index is 1.45. The third kappa shape index (κ3) is 4.56. The number of ether oxygens (including phenoxy) is 1. The van der Waals surface area contributed by atoms with Crippen molar-refractivity contribution in [3.05, 3.63) is 65.7 Å². The van der Waals surface area contributed by atoms with E-state index >= 15 is 0 Å². The number of amides is 1. The van der Waals surface area contributed by atoms with Crippen molar-refractivity contribution in [3.63, 3.8) is 0 Å². The summed E-state index contributed by atoms with van der Waals surface area (Å²) in [6.07, 6.45) is -1.21. The van der Waals surface area contributed by atoms with E-state index in [0.717, 1.165) is 17.3 Å². The van der Waals surface area contributed by atoms with Gasteiger partial charge < -0.3 is 24.7 Å². The number of nitrogens with one attached hydrogen (secondary N) is 2. The standard InChI is InChI=1S/C22H23F3N6O3/c1-12-19-16(30(3)20(13(2)33-4)21(32)29-19)7-18(28-12)26-8-14-9-27-31(10-14)11-15-5-6-17(34-15)22(23,24)25/h5-7,9-10,20H,2,8,11H2,1,3-4H3,(H,26,28)(H,29,32). The molecule has 0 saturated carbocycles. The van der Waals surface area contributed by atoms with Gasteiger partial charge in [0.15, 0.2) is 6.04 Å². The summed E-state index contributed by atoms with van der Waals surface area (Å²) >= 11 is 0. The Labute approximate surface area is 193 Å². The smallest absolute Gasteiger partial charge is 0.449 e. The molecule has 0 fully saturated rings. The first-order valence-electron chi connectivity index (χ1n) is 10.3. The lowest BCUT2D eigenvalue weighted by Crippen LogP contribution is -2.47. The summed E-state index contributed by atoms with van der Waals surface area (Å²) < 4.78 is 49.6. The third-order valence-corrected chi connectivity index (χ3v) is 5.43. The zero-order valence-corrected chi connectivity index (χ0v) is 18.7. The number of carbonyl (C=O) groups is 1. The number of nitrogens with zero attached hydrogens (tertiary/aromatic N) is 4. The molecule has 0 aromatic carbocycles. The van der Waals surface area contributed by atoms with Crippen LogP contribution in [-0.4, -0.2) is 40.9 Å². The molecule has 3 aromatic heterocycles. The molecule has 0 radical (unpaired) electrons. The zero-order valence-electron chi connectivity index (χ0n) is 18.7. The van der Waals surface area contributed by atoms with Crippen LogP contribution in [-0.2, 0) is 28.8 Å². The van der Waals surface area contributed by atoms with E-state index in [9.17, 15) is 18.0 Å². The monoisotopic (exact) mass is 476 g/mol. The minimum atomic E-state index is -4.52. The van der Waals surface area contributed by atoms with Crippen LogP contribution >= 0.6 is 0 Å². The number of alkyl halides is 3. The molecule has 1 aliphatic rings. The van der Waals surface area contributed by atoms with Crippen molar-refractivity contribution in [2.45, 2.75) is 32.2 Å². The predicted octanol–water partition coefficient (Wildman–Crippen LogP) is 3.78. The minimum absolute atomic E-state index is 0.0710. The Hall–Kier alpha value is -3.96. The van der Waals surface area contributed by atoms with Crippen molar-refractivity contribution < 1.29 is 27.1 Å². The average molecular weight is 476 g/mol. The molecule has 0 spiro atoms. The van der Waals surface area contributed by atoms with Gasteiger partial charge in [0.05, 0.1) is 36.9 Å². The van der Waals surface area contributed by atoms with Gasteiger partial charge in [-0.2, -0.15) is 18.3 Å². The highest BCUT2D eigenvalue weighted by Gasteiger charge is 2.35. The van der Waals surface area contributed by atoms with Crippen molar-refractivity contribution in [2.24, 2.45) is 0 Å². The van der Waals surface area contributed by atoms with Gasteiger partial charge in [-0.1, -0.05) is 6.58 Å². The van der Waals surface area contributed by atoms with Crippen molar-refractivity contribution >= 4 is 23.1 Å². The number of hydrogen-bond acceptors (Lipinski definition) is 7. The molecule has 1 amide bonds. The van der Waals surface area contributed by atoms with E-state index in [2.05, 4.69) is 27.3 Å². The van der Waals surface area contributed by atoms with Crippen LogP contribution < -0.4 is 15.5 Å². The van der Waals surface area contributed by atoms with Crippen LogP contribution in [0.3, 0.4) is 0 Å². The molecule has 4 heterocycles. The molecule has 34 heavy (non-hydrogen) atoms. The number of furan rings is 1. The Morgan fingerprint density at radius 1 is 1.38 bits per heavy atom. The van der Waals surface area contributed by atoms with Crippen LogP contribution in [0.25, 0.3) is 0 Å². The van der Waals surface area contributed by atoms with Gasteiger partial charge in [0.25, 0.3) is 5.91 Å². The van der Waals surface area contributed by atoms with E-state index in [1.165, 1.54) is 17.9 Å². The van der Waals surface area contributed by atoms with Gasteiger partial charge in [0, 0.05) is 31.4 Å². The topological polar surface area (TPSA) is 97.5 Å². The molecule has 2 N–H and O–H groups in total. The summed E-state index contributed by atoms with van der Waals surface area (Å²) in [5.74, 6) is -0.239. The number of halogens is 3. The number of anilines is 3. The fourth-order valence-corrected chi connectivity index (χ4v) is 3.71. The van der Waals surface area contributed by atoms with Crippen molar-refractivity contribution in [1.29, 1.82) is 0 Å². The van der Waals surface area contributed by atoms with Gasteiger partial charge >= 0.3 is 6.18 Å². The molecule has 0 aliphatic carbocycles. The van der Waals surface area contributed by atoms with Gasteiger partial charge in [-0.15, -0.1) is 0 Å². The van der Waals surface area contributed by atoms with Crippen molar-refractivity contribution in [2.75, 3.05) is 29.7 Å². The quantitative estimate of drug-likeness (QED) is 0.501. The molecule has 180 valence electrons. The molecule has 1 aliphatic heterocycles. The summed E-state index contributed by atoms with van der Waals surface area (Å²) in [6, 6.07) is 3.31. The minimum Gasteiger partial charge on any atom is -0.499 e. The van der Waals surface area contributed by atoms with E-state index < -0.39 is 18.0 Å². The molecule has 1 atom stereocenters. The van der Waals surface area contributed by atoms with E-state index in [0.29, 0.717) is 29.5 Å². The first-order valence-corrected chi connectivity index (χ1v) is 10.3. The second-order valence-electron chi connectivity index (χ2n) is 7.82. The maximum atomic E-state index is 12.7. The van der Waals surface area contributed by atoms with E-state index in [1.807, 2.05) is 6.07 Å². The van der Waals surface area contributed by atoms with Crippen LogP contribution in [0.15, 0.2) is 47.3 Å². The summed E-state index contributed by atoms with van der Waals surface area (Å²) in [5.41, 5.74) is 2.80. The van der Waals surface area contributed by atoms with E-state index in [-0.39, 0.29) is 18.2 Å². The highest BCUT2D eigenvalue weighted by atomic mass is 19.4. The van der Waals surface area contributed by atoms with Gasteiger partial charge in [-0.05, 0) is 19.1 Å². The maximum absolute atomic E-state index is 12.7. The lowest BCUT2D eigenvalue weighted by atomic mass is 10.1. The largest absolute Gasteiger partial charge is 0.499 e. The molecule has 9 nitrogen and oxygen atoms in total. The molecular formula is C22H23F3N6O3. The fourth-order valence-electron chi connectivity index (χ4n) is 3.71. The van der Waals surface area contributed by atoms with E-state index in [1.54, 1.807) is 31.3 Å². The Morgan fingerprint density at radius 3 is 2.82 bits per heavy atom. The highest BCUT2D eigenvalue weighted by molar-refractivity contribution is 6.05. The first-order chi connectivity index (χ1) is 16.1. The summed E-state index contributed by atoms with van der Waals surface area (Å²) in [5, 5.41) is 10.2. The maximum Gasteiger partial charge on any atom is 0.449 e. The zero-order chi connectivity index (χ0) is 24.6. The van der Waals surface area contributed by atoms with Crippen molar-refractivity contribution in [1.82, 2.24) is 14.8 Å². The third-order valence-electron chi connectivity index (χ3n) is 5.43. The Morgan fingerprint density at radius 2 is 2.15 bits per heavy atom. The molecule has 1 unspecified atom stereocenters. The van der Waals surface area contributed by atoms with Crippen LogP contribution in [0, 0.1) is 6.92 Å². The van der Waals surface area contributed by atoms with Crippen molar-refractivity contribution in [3.8, 4) is 0 Å². The number of hydrogen-bond donors (Lipinski definition) is 2. The number of fused-ring (bicyclic) bond motifs is 1. The summed E-state index contributed by atoms with van der Waals surface area (Å²) in [7, 11) is 3.24. The lowest BCUT2D eigenvalue weighted by Gasteiger charge is -2.36. The lowest BCUT2D eigenvalue weighted by molar-refractivity contribution is -0.153.